The van der Waals surface area contributed by atoms with Gasteiger partial charge in [0.25, 0.3) is 0 Å². The number of nitrogens with one attached hydrogen (secondary N) is 1. The van der Waals surface area contributed by atoms with E-state index in [0.29, 0.717) is 11.3 Å². The predicted molar refractivity (Wildman–Crippen MR) is 75.2 cm³/mol. The van der Waals surface area contributed by atoms with Crippen molar-refractivity contribution in [1.29, 1.82) is 0 Å². The Labute approximate surface area is 124 Å². The molecule has 0 bridgehead atoms. The first-order chi connectivity index (χ1) is 9.95. The first-order valence-corrected chi connectivity index (χ1v) is 6.89. The molecule has 1 aliphatic rings. The Kier molecular flexibility index (Phi) is 4.69. The standard InChI is InChI=1S/C13H12FN3O3S/c1-7(8-2-4-9(14)5-3-8)16-17-13-15-12(20)10(21-13)6-11(18)19/h2-5,10H,6H2,1H3,(H,18,19)(H,15,17,20)/p-1/t10-/m0/s1. The summed E-state index contributed by atoms with van der Waals surface area (Å²) < 4.78 is 12.8. The summed E-state index contributed by atoms with van der Waals surface area (Å²) in [7, 11) is 0. The second-order valence-electron chi connectivity index (χ2n) is 4.27. The highest BCUT2D eigenvalue weighted by Crippen LogP contribution is 2.22. The van der Waals surface area contributed by atoms with Crippen LogP contribution in [0.5, 0.6) is 0 Å². The summed E-state index contributed by atoms with van der Waals surface area (Å²) in [5, 5.41) is 20.2. The second-order valence-corrected chi connectivity index (χ2v) is 5.46. The number of amidine groups is 1. The Morgan fingerprint density at radius 1 is 1.43 bits per heavy atom. The first kappa shape index (κ1) is 15.2. The number of rotatable bonds is 4. The zero-order valence-electron chi connectivity index (χ0n) is 11.0. The molecule has 8 heteroatoms. The van der Waals surface area contributed by atoms with Crippen molar-refractivity contribution in [2.45, 2.75) is 18.6 Å². The Balaban J connectivity index is 2.07. The average Bonchev–Trinajstić information content (AvgIpc) is 2.77. The fourth-order valence-electron chi connectivity index (χ4n) is 1.61. The highest BCUT2D eigenvalue weighted by Gasteiger charge is 2.30. The van der Waals surface area contributed by atoms with Crippen molar-refractivity contribution in [3.8, 4) is 0 Å². The van der Waals surface area contributed by atoms with Crippen molar-refractivity contribution in [3.63, 3.8) is 0 Å². The fraction of sp³-hybridized carbons (Fsp3) is 0.231. The molecular formula is C13H11FN3O3S-. The molecule has 6 nitrogen and oxygen atoms in total. The third kappa shape index (κ3) is 4.12. The molecule has 1 aliphatic heterocycles. The van der Waals surface area contributed by atoms with Crippen molar-refractivity contribution in [1.82, 2.24) is 5.32 Å². The molecule has 21 heavy (non-hydrogen) atoms. The Hall–Kier alpha value is -2.22. The molecule has 0 radical (unpaired) electrons. The number of hydrogen-bond donors (Lipinski definition) is 1. The van der Waals surface area contributed by atoms with E-state index in [-0.39, 0.29) is 17.4 Å². The number of aliphatic carboxylic acids is 1. The van der Waals surface area contributed by atoms with Crippen LogP contribution in [0.3, 0.4) is 0 Å². The van der Waals surface area contributed by atoms with Gasteiger partial charge in [-0.3, -0.25) is 4.79 Å². The number of nitrogens with zero attached hydrogens (tertiary/aromatic N) is 2. The van der Waals surface area contributed by atoms with Crippen LogP contribution in [0.15, 0.2) is 34.5 Å². The van der Waals surface area contributed by atoms with Crippen molar-refractivity contribution >= 4 is 34.5 Å². The Morgan fingerprint density at radius 3 is 2.71 bits per heavy atom. The number of carbonyl (C=O) groups is 2. The van der Waals surface area contributed by atoms with Crippen LogP contribution in [0.25, 0.3) is 0 Å². The maximum absolute atomic E-state index is 12.8. The van der Waals surface area contributed by atoms with Gasteiger partial charge in [-0.05, 0) is 24.6 Å². The molecule has 1 N–H and O–H groups in total. The van der Waals surface area contributed by atoms with Gasteiger partial charge in [-0.25, -0.2) is 4.39 Å². The number of amides is 1. The Bertz CT molecular complexity index is 628. The van der Waals surface area contributed by atoms with Crippen molar-refractivity contribution in [2.24, 2.45) is 10.2 Å². The molecule has 1 fully saturated rings. The van der Waals surface area contributed by atoms with Gasteiger partial charge in [-0.2, -0.15) is 5.10 Å². The molecule has 110 valence electrons. The van der Waals surface area contributed by atoms with Gasteiger partial charge in [0.05, 0.1) is 11.0 Å². The van der Waals surface area contributed by atoms with E-state index in [2.05, 4.69) is 15.5 Å². The summed E-state index contributed by atoms with van der Waals surface area (Å²) in [5.74, 6) is -2.07. The zero-order chi connectivity index (χ0) is 15.4. The van der Waals surface area contributed by atoms with Gasteiger partial charge >= 0.3 is 0 Å². The second kappa shape index (κ2) is 6.49. The summed E-state index contributed by atoms with van der Waals surface area (Å²) in [4.78, 5) is 22.0. The number of benzene rings is 1. The summed E-state index contributed by atoms with van der Waals surface area (Å²) >= 11 is 0.988. The lowest BCUT2D eigenvalue weighted by molar-refractivity contribution is -0.305. The molecule has 2 rings (SSSR count). The molecule has 0 aliphatic carbocycles. The van der Waals surface area contributed by atoms with Crippen LogP contribution in [-0.4, -0.2) is 28.0 Å². The van der Waals surface area contributed by atoms with E-state index in [1.165, 1.54) is 12.1 Å². The number of thioether (sulfide) groups is 1. The van der Waals surface area contributed by atoms with Gasteiger partial charge in [0, 0.05) is 12.4 Å². The largest absolute Gasteiger partial charge is 0.550 e. The zero-order valence-corrected chi connectivity index (χ0v) is 11.8. The predicted octanol–water partition coefficient (Wildman–Crippen LogP) is 0.277. The third-order valence-corrected chi connectivity index (χ3v) is 3.75. The first-order valence-electron chi connectivity index (χ1n) is 6.01. The number of carboxylic acid groups (broad SMARTS) is 1. The highest BCUT2D eigenvalue weighted by molar-refractivity contribution is 8.15. The van der Waals surface area contributed by atoms with Crippen molar-refractivity contribution in [2.75, 3.05) is 0 Å². The number of hydrogen-bond acceptors (Lipinski definition) is 6. The molecule has 1 aromatic rings. The molecule has 1 aromatic carbocycles. The summed E-state index contributed by atoms with van der Waals surface area (Å²) in [6.45, 7) is 1.69. The van der Waals surface area contributed by atoms with Gasteiger partial charge in [-0.1, -0.05) is 23.9 Å². The lowest BCUT2D eigenvalue weighted by atomic mass is 10.1. The normalized spacial score (nSPS) is 20.7. The van der Waals surface area contributed by atoms with Crippen LogP contribution in [0.2, 0.25) is 0 Å². The average molecular weight is 308 g/mol. The minimum Gasteiger partial charge on any atom is -0.550 e. The molecule has 0 saturated carbocycles. The van der Waals surface area contributed by atoms with E-state index in [0.717, 1.165) is 11.8 Å². The lowest BCUT2D eigenvalue weighted by Gasteiger charge is -2.04. The minimum absolute atomic E-state index is 0.229. The van der Waals surface area contributed by atoms with E-state index < -0.39 is 17.1 Å². The number of carbonyl (C=O) groups excluding carboxylic acids is 2. The van der Waals surface area contributed by atoms with E-state index in [1.807, 2.05) is 0 Å². The molecule has 1 atom stereocenters. The Morgan fingerprint density at radius 2 is 2.10 bits per heavy atom. The topological polar surface area (TPSA) is 94.0 Å². The van der Waals surface area contributed by atoms with Gasteiger partial charge in [0.15, 0.2) is 5.17 Å². The molecule has 1 heterocycles. The van der Waals surface area contributed by atoms with Gasteiger partial charge in [0.2, 0.25) is 5.91 Å². The van der Waals surface area contributed by atoms with Gasteiger partial charge in [-0.15, -0.1) is 5.10 Å². The number of halogens is 1. The SMILES string of the molecule is CC(=N/N=C1/NC(=O)[C@H](CC(=O)[O-])S1)c1ccc(F)cc1. The van der Waals surface area contributed by atoms with Crippen LogP contribution in [0.4, 0.5) is 4.39 Å². The van der Waals surface area contributed by atoms with E-state index >= 15 is 0 Å². The molecule has 0 unspecified atom stereocenters. The fourth-order valence-corrected chi connectivity index (χ4v) is 2.51. The maximum Gasteiger partial charge on any atom is 0.239 e. The van der Waals surface area contributed by atoms with E-state index in [9.17, 15) is 19.1 Å². The van der Waals surface area contributed by atoms with Gasteiger partial charge < -0.3 is 15.2 Å². The smallest absolute Gasteiger partial charge is 0.239 e. The quantitative estimate of drug-likeness (QED) is 0.638. The van der Waals surface area contributed by atoms with E-state index in [1.54, 1.807) is 19.1 Å². The van der Waals surface area contributed by atoms with Crippen molar-refractivity contribution in [3.05, 3.63) is 35.6 Å². The number of carboxylic acids is 1. The molecular weight excluding hydrogens is 297 g/mol. The molecule has 1 amide bonds. The molecule has 0 spiro atoms. The maximum atomic E-state index is 12.8. The van der Waals surface area contributed by atoms with E-state index in [4.69, 9.17) is 0 Å². The van der Waals surface area contributed by atoms with Crippen LogP contribution >= 0.6 is 11.8 Å². The molecule has 1 saturated heterocycles. The third-order valence-electron chi connectivity index (χ3n) is 2.68. The van der Waals surface area contributed by atoms with Crippen LogP contribution < -0.4 is 10.4 Å². The van der Waals surface area contributed by atoms with Crippen molar-refractivity contribution < 1.29 is 19.1 Å². The summed E-state index contributed by atoms with van der Waals surface area (Å²) in [6, 6.07) is 5.74. The minimum atomic E-state index is -1.30. The molecule has 0 aromatic heterocycles. The monoisotopic (exact) mass is 308 g/mol. The summed E-state index contributed by atoms with van der Waals surface area (Å²) in [5.41, 5.74) is 1.24. The van der Waals surface area contributed by atoms with Crippen LogP contribution in [0, 0.1) is 5.82 Å². The summed E-state index contributed by atoms with van der Waals surface area (Å²) in [6.07, 6.45) is -0.379. The lowest BCUT2D eigenvalue weighted by Crippen LogP contribution is -2.31. The van der Waals surface area contributed by atoms with Crippen LogP contribution in [-0.2, 0) is 9.59 Å². The van der Waals surface area contributed by atoms with Gasteiger partial charge in [0.1, 0.15) is 5.82 Å². The van der Waals surface area contributed by atoms with Crippen LogP contribution in [0.1, 0.15) is 18.9 Å². The highest BCUT2D eigenvalue weighted by atomic mass is 32.2.